The van der Waals surface area contributed by atoms with Gasteiger partial charge in [-0.25, -0.2) is 0 Å². The first-order valence-electron chi connectivity index (χ1n) is 8.55. The second-order valence-corrected chi connectivity index (χ2v) is 8.51. The molecule has 0 aliphatic rings. The van der Waals surface area contributed by atoms with Gasteiger partial charge in [-0.1, -0.05) is 41.4 Å². The molecule has 0 saturated carbocycles. The van der Waals surface area contributed by atoms with Crippen LogP contribution in [0.2, 0.25) is 10.0 Å². The number of hydrogen-bond acceptors (Lipinski definition) is 3. The number of aromatic hydroxyl groups is 1. The number of phenolic OH excluding ortho intramolecular Hbond substituents is 1. The number of benzene rings is 3. The summed E-state index contributed by atoms with van der Waals surface area (Å²) in [5, 5.41) is 23.4. The van der Waals surface area contributed by atoms with Crippen molar-refractivity contribution in [3.63, 3.8) is 0 Å². The molecule has 146 valence electrons. The van der Waals surface area contributed by atoms with Crippen LogP contribution in [0.4, 0.5) is 5.69 Å². The average Bonchev–Trinajstić information content (AvgIpc) is 2.69. The minimum absolute atomic E-state index is 0.101. The number of carbonyl (C=O) groups is 1. The van der Waals surface area contributed by atoms with E-state index < -0.39 is 11.8 Å². The van der Waals surface area contributed by atoms with Crippen LogP contribution in [0.25, 0.3) is 0 Å². The lowest BCUT2D eigenvalue weighted by Crippen LogP contribution is -2.14. The van der Waals surface area contributed by atoms with Crippen LogP contribution in [0.5, 0.6) is 5.75 Å². The highest BCUT2D eigenvalue weighted by Gasteiger charge is 2.20. The van der Waals surface area contributed by atoms with Crippen molar-refractivity contribution in [3.05, 3.63) is 90.5 Å². The van der Waals surface area contributed by atoms with Gasteiger partial charge in [0.2, 0.25) is 0 Å². The normalized spacial score (nSPS) is 11.6. The van der Waals surface area contributed by atoms with Gasteiger partial charge < -0.3 is 10.4 Å². The number of aryl methyl sites for hydroxylation is 1. The topological polar surface area (TPSA) is 73.1 Å². The Hall–Kier alpha value is -2.27. The molecule has 0 radical (unpaired) electrons. The van der Waals surface area contributed by atoms with E-state index in [2.05, 4.69) is 34.0 Å². The van der Waals surface area contributed by atoms with Crippen molar-refractivity contribution in [1.29, 1.82) is 5.26 Å². The first-order chi connectivity index (χ1) is 13.8. The van der Waals surface area contributed by atoms with Crippen molar-refractivity contribution >= 4 is 57.4 Å². The minimum Gasteiger partial charge on any atom is -0.507 e. The predicted octanol–water partition coefficient (Wildman–Crippen LogP) is 6.52. The zero-order valence-electron chi connectivity index (χ0n) is 15.2. The summed E-state index contributed by atoms with van der Waals surface area (Å²) in [6, 6.07) is 17.5. The van der Waals surface area contributed by atoms with Crippen LogP contribution < -0.4 is 5.32 Å². The van der Waals surface area contributed by atoms with E-state index in [-0.39, 0.29) is 11.3 Å². The second kappa shape index (κ2) is 9.04. The van der Waals surface area contributed by atoms with E-state index in [0.29, 0.717) is 21.3 Å². The van der Waals surface area contributed by atoms with Gasteiger partial charge >= 0.3 is 0 Å². The molecule has 29 heavy (non-hydrogen) atoms. The number of phenols is 1. The third kappa shape index (κ3) is 4.84. The van der Waals surface area contributed by atoms with Crippen LogP contribution in [0, 0.1) is 21.8 Å². The number of carbonyl (C=O) groups excluding carboxylic acids is 1. The van der Waals surface area contributed by atoms with Crippen LogP contribution in [0.15, 0.2) is 54.6 Å². The molecule has 1 atom stereocenters. The molecule has 0 spiro atoms. The molecule has 7 heteroatoms. The van der Waals surface area contributed by atoms with Crippen LogP contribution in [0.3, 0.4) is 0 Å². The summed E-state index contributed by atoms with van der Waals surface area (Å²) in [6.07, 6.45) is 0. The SMILES string of the molecule is Cc1cc(C(C#N)c2ccc(Cl)cc2)c(Cl)cc1NC(=O)c1cc(I)ccc1O. The van der Waals surface area contributed by atoms with Gasteiger partial charge in [0.15, 0.2) is 0 Å². The van der Waals surface area contributed by atoms with Crippen molar-refractivity contribution in [1.82, 2.24) is 0 Å². The highest BCUT2D eigenvalue weighted by molar-refractivity contribution is 14.1. The zero-order valence-corrected chi connectivity index (χ0v) is 18.9. The fourth-order valence-corrected chi connectivity index (χ4v) is 3.81. The molecule has 0 bridgehead atoms. The van der Waals surface area contributed by atoms with Crippen molar-refractivity contribution in [3.8, 4) is 11.8 Å². The fourth-order valence-electron chi connectivity index (χ4n) is 2.92. The van der Waals surface area contributed by atoms with Gasteiger partial charge in [-0.3, -0.25) is 4.79 Å². The molecule has 3 aromatic carbocycles. The quantitative estimate of drug-likeness (QED) is 0.373. The first kappa shape index (κ1) is 21.4. The molecule has 0 aliphatic carbocycles. The smallest absolute Gasteiger partial charge is 0.259 e. The fraction of sp³-hybridized carbons (Fsp3) is 0.0909. The van der Waals surface area contributed by atoms with Crippen molar-refractivity contribution < 1.29 is 9.90 Å². The van der Waals surface area contributed by atoms with E-state index in [0.717, 1.165) is 14.7 Å². The van der Waals surface area contributed by atoms with Gasteiger partial charge in [0.1, 0.15) is 5.75 Å². The van der Waals surface area contributed by atoms with E-state index in [4.69, 9.17) is 23.2 Å². The third-order valence-corrected chi connectivity index (χ3v) is 5.69. The molecule has 1 amide bonds. The summed E-state index contributed by atoms with van der Waals surface area (Å²) in [4.78, 5) is 12.6. The van der Waals surface area contributed by atoms with Crippen LogP contribution >= 0.6 is 45.8 Å². The molecule has 0 aliphatic heterocycles. The largest absolute Gasteiger partial charge is 0.507 e. The minimum atomic E-state index is -0.567. The maximum atomic E-state index is 12.6. The lowest BCUT2D eigenvalue weighted by Gasteiger charge is -2.16. The highest BCUT2D eigenvalue weighted by Crippen LogP contribution is 2.34. The van der Waals surface area contributed by atoms with Crippen molar-refractivity contribution in [2.24, 2.45) is 0 Å². The Balaban J connectivity index is 1.93. The van der Waals surface area contributed by atoms with Gasteiger partial charge in [-0.05, 0) is 82.6 Å². The molecular formula is C22H15Cl2IN2O2. The van der Waals surface area contributed by atoms with Crippen LogP contribution in [-0.4, -0.2) is 11.0 Å². The number of hydrogen-bond donors (Lipinski definition) is 2. The number of rotatable bonds is 4. The summed E-state index contributed by atoms with van der Waals surface area (Å²) < 4.78 is 0.829. The van der Waals surface area contributed by atoms with E-state index in [9.17, 15) is 15.2 Å². The average molecular weight is 537 g/mol. The molecule has 2 N–H and O–H groups in total. The molecule has 0 fully saturated rings. The lowest BCUT2D eigenvalue weighted by atomic mass is 9.91. The molecule has 3 rings (SSSR count). The molecule has 3 aromatic rings. The number of nitrogens with one attached hydrogen (secondary N) is 1. The molecule has 4 nitrogen and oxygen atoms in total. The Kier molecular flexibility index (Phi) is 6.68. The molecule has 1 unspecified atom stereocenters. The van der Waals surface area contributed by atoms with Crippen molar-refractivity contribution in [2.45, 2.75) is 12.8 Å². The monoisotopic (exact) mass is 536 g/mol. The number of amides is 1. The van der Waals surface area contributed by atoms with E-state index in [1.54, 1.807) is 48.5 Å². The van der Waals surface area contributed by atoms with Crippen LogP contribution in [-0.2, 0) is 0 Å². The maximum absolute atomic E-state index is 12.6. The number of halogens is 3. The van der Waals surface area contributed by atoms with E-state index in [1.165, 1.54) is 6.07 Å². The van der Waals surface area contributed by atoms with Crippen LogP contribution in [0.1, 0.15) is 33.0 Å². The maximum Gasteiger partial charge on any atom is 0.259 e. The summed E-state index contributed by atoms with van der Waals surface area (Å²) in [7, 11) is 0. The standard InChI is InChI=1S/C22H15Cl2IN2O2/c1-12-8-16(18(11-26)13-2-4-14(23)5-3-13)19(24)10-20(12)27-22(29)17-9-15(25)6-7-21(17)28/h2-10,18,28H,1H3,(H,27,29). The summed E-state index contributed by atoms with van der Waals surface area (Å²) in [5.41, 5.74) is 2.85. The Labute approximate surface area is 192 Å². The highest BCUT2D eigenvalue weighted by atomic mass is 127. The molecule has 0 saturated heterocycles. The van der Waals surface area contributed by atoms with E-state index >= 15 is 0 Å². The van der Waals surface area contributed by atoms with E-state index in [1.807, 2.05) is 6.92 Å². The Morgan fingerprint density at radius 2 is 1.83 bits per heavy atom. The number of nitriles is 1. The Morgan fingerprint density at radius 1 is 1.14 bits per heavy atom. The number of anilines is 1. The lowest BCUT2D eigenvalue weighted by molar-refractivity contribution is 0.102. The number of nitrogens with zero attached hydrogens (tertiary/aromatic N) is 1. The molecule has 0 aromatic heterocycles. The summed E-state index contributed by atoms with van der Waals surface area (Å²) in [5.74, 6) is -1.11. The third-order valence-electron chi connectivity index (χ3n) is 4.44. The van der Waals surface area contributed by atoms with Crippen molar-refractivity contribution in [2.75, 3.05) is 5.32 Å². The Bertz CT molecular complexity index is 1120. The van der Waals surface area contributed by atoms with Gasteiger partial charge in [0.25, 0.3) is 5.91 Å². The van der Waals surface area contributed by atoms with Gasteiger partial charge in [-0.2, -0.15) is 5.26 Å². The summed E-state index contributed by atoms with van der Waals surface area (Å²) in [6.45, 7) is 1.82. The molecule has 0 heterocycles. The second-order valence-electron chi connectivity index (χ2n) is 6.42. The molecular weight excluding hydrogens is 522 g/mol. The Morgan fingerprint density at radius 3 is 2.48 bits per heavy atom. The van der Waals surface area contributed by atoms with Gasteiger partial charge in [0, 0.05) is 19.3 Å². The predicted molar refractivity (Wildman–Crippen MR) is 124 cm³/mol. The van der Waals surface area contributed by atoms with Gasteiger partial charge in [-0.15, -0.1) is 0 Å². The first-order valence-corrected chi connectivity index (χ1v) is 10.4. The zero-order chi connectivity index (χ0) is 21.1. The van der Waals surface area contributed by atoms with Gasteiger partial charge in [0.05, 0.1) is 17.6 Å². The summed E-state index contributed by atoms with van der Waals surface area (Å²) >= 11 is 14.5.